The molecule has 2 heterocycles. The van der Waals surface area contributed by atoms with E-state index in [0.29, 0.717) is 12.2 Å². The van der Waals surface area contributed by atoms with Gasteiger partial charge in [0.25, 0.3) is 5.88 Å². The Balaban J connectivity index is 2.43. The first kappa shape index (κ1) is 10.3. The van der Waals surface area contributed by atoms with Crippen molar-refractivity contribution in [1.82, 2.24) is 9.97 Å². The van der Waals surface area contributed by atoms with Gasteiger partial charge in [-0.25, -0.2) is 14.6 Å². The van der Waals surface area contributed by atoms with Gasteiger partial charge in [0.15, 0.2) is 0 Å². The fourth-order valence-electron chi connectivity index (χ4n) is 1.11. The van der Waals surface area contributed by atoms with E-state index in [1.807, 2.05) is 6.92 Å². The van der Waals surface area contributed by atoms with Crippen molar-refractivity contribution in [3.63, 3.8) is 0 Å². The molecular weight excluding hydrogens is 212 g/mol. The summed E-state index contributed by atoms with van der Waals surface area (Å²) in [6, 6.07) is 0. The fraction of sp³-hybridized carbons (Fsp3) is 0.200. The third-order valence-corrected chi connectivity index (χ3v) is 1.85. The van der Waals surface area contributed by atoms with Crippen LogP contribution >= 0.6 is 0 Å². The molecule has 1 aliphatic rings. The van der Waals surface area contributed by atoms with Gasteiger partial charge >= 0.3 is 11.9 Å². The van der Waals surface area contributed by atoms with Crippen LogP contribution in [0.4, 0.5) is 0 Å². The van der Waals surface area contributed by atoms with Gasteiger partial charge < -0.3 is 9.47 Å². The van der Waals surface area contributed by atoms with Gasteiger partial charge in [-0.3, -0.25) is 0 Å². The highest BCUT2D eigenvalue weighted by molar-refractivity contribution is 5.94. The highest BCUT2D eigenvalue weighted by atomic mass is 16.6. The number of aromatic nitrogens is 2. The van der Waals surface area contributed by atoms with E-state index in [9.17, 15) is 9.59 Å². The van der Waals surface area contributed by atoms with Crippen LogP contribution in [-0.4, -0.2) is 21.9 Å². The van der Waals surface area contributed by atoms with Crippen LogP contribution < -0.4 is 9.47 Å². The SMILES string of the molecule is CCc1ncc2c(n1)OC(=O)/C=C\C(=O)O2. The highest BCUT2D eigenvalue weighted by Gasteiger charge is 2.17. The van der Waals surface area contributed by atoms with Gasteiger partial charge in [0.1, 0.15) is 5.82 Å². The molecule has 0 saturated carbocycles. The van der Waals surface area contributed by atoms with Gasteiger partial charge in [0, 0.05) is 18.6 Å². The smallest absolute Gasteiger partial charge is 0.337 e. The van der Waals surface area contributed by atoms with E-state index < -0.39 is 11.9 Å². The Hall–Kier alpha value is -2.24. The number of carbonyl (C=O) groups is 2. The van der Waals surface area contributed by atoms with Crippen LogP contribution in [-0.2, 0) is 16.0 Å². The van der Waals surface area contributed by atoms with E-state index in [1.54, 1.807) is 0 Å². The summed E-state index contributed by atoms with van der Waals surface area (Å²) in [5.41, 5.74) is 0. The standard InChI is InChI=1S/C10H8N2O4/c1-2-7-11-5-6-10(12-7)16-9(14)4-3-8(13)15-6/h3-5H,2H2,1H3/b4-3-. The summed E-state index contributed by atoms with van der Waals surface area (Å²) >= 11 is 0. The van der Waals surface area contributed by atoms with Crippen LogP contribution in [0.25, 0.3) is 0 Å². The molecule has 0 saturated heterocycles. The number of hydrogen-bond donors (Lipinski definition) is 0. The Bertz CT molecular complexity index is 482. The first-order valence-corrected chi connectivity index (χ1v) is 4.66. The normalized spacial score (nSPS) is 16.6. The molecule has 16 heavy (non-hydrogen) atoms. The molecule has 0 unspecified atom stereocenters. The van der Waals surface area contributed by atoms with Crippen molar-refractivity contribution in [3.05, 3.63) is 24.2 Å². The lowest BCUT2D eigenvalue weighted by Crippen LogP contribution is -2.15. The Morgan fingerprint density at radius 3 is 2.56 bits per heavy atom. The highest BCUT2D eigenvalue weighted by Crippen LogP contribution is 2.25. The van der Waals surface area contributed by atoms with Crippen molar-refractivity contribution < 1.29 is 19.1 Å². The quantitative estimate of drug-likeness (QED) is 0.638. The number of nitrogens with zero attached hydrogens (tertiary/aromatic N) is 2. The zero-order valence-electron chi connectivity index (χ0n) is 8.47. The van der Waals surface area contributed by atoms with E-state index in [0.717, 1.165) is 12.2 Å². The summed E-state index contributed by atoms with van der Waals surface area (Å²) in [4.78, 5) is 30.2. The molecule has 1 aromatic rings. The average molecular weight is 220 g/mol. The van der Waals surface area contributed by atoms with Crippen molar-refractivity contribution in [2.45, 2.75) is 13.3 Å². The molecule has 0 bridgehead atoms. The van der Waals surface area contributed by atoms with E-state index in [-0.39, 0.29) is 11.6 Å². The number of ether oxygens (including phenoxy) is 2. The zero-order valence-corrected chi connectivity index (χ0v) is 8.47. The lowest BCUT2D eigenvalue weighted by atomic mass is 10.4. The monoisotopic (exact) mass is 220 g/mol. The molecule has 0 spiro atoms. The molecule has 1 aliphatic heterocycles. The summed E-state index contributed by atoms with van der Waals surface area (Å²) in [6.45, 7) is 1.86. The van der Waals surface area contributed by atoms with Crippen molar-refractivity contribution in [2.75, 3.05) is 0 Å². The largest absolute Gasteiger partial charge is 0.416 e. The number of fused-ring (bicyclic) bond motifs is 1. The summed E-state index contributed by atoms with van der Waals surface area (Å²) in [5.74, 6) is -0.814. The minimum atomic E-state index is -0.668. The Morgan fingerprint density at radius 1 is 1.19 bits per heavy atom. The molecule has 82 valence electrons. The van der Waals surface area contributed by atoms with Crippen LogP contribution in [0.1, 0.15) is 12.7 Å². The van der Waals surface area contributed by atoms with Gasteiger partial charge in [0.05, 0.1) is 6.20 Å². The molecule has 1 aromatic heterocycles. The second-order valence-corrected chi connectivity index (χ2v) is 2.98. The van der Waals surface area contributed by atoms with E-state index in [1.165, 1.54) is 6.20 Å². The maximum absolute atomic E-state index is 11.2. The third kappa shape index (κ3) is 2.05. The molecule has 2 rings (SSSR count). The maximum atomic E-state index is 11.2. The zero-order chi connectivity index (χ0) is 11.5. The third-order valence-electron chi connectivity index (χ3n) is 1.85. The van der Waals surface area contributed by atoms with Gasteiger partial charge in [-0.2, -0.15) is 4.98 Å². The van der Waals surface area contributed by atoms with Crippen LogP contribution in [0.2, 0.25) is 0 Å². The van der Waals surface area contributed by atoms with Gasteiger partial charge in [-0.05, 0) is 0 Å². The van der Waals surface area contributed by atoms with Gasteiger partial charge in [0.2, 0.25) is 5.75 Å². The van der Waals surface area contributed by atoms with Crippen LogP contribution in [0, 0.1) is 0 Å². The Morgan fingerprint density at radius 2 is 1.88 bits per heavy atom. The molecule has 0 aliphatic carbocycles. The number of hydrogen-bond acceptors (Lipinski definition) is 6. The maximum Gasteiger partial charge on any atom is 0.337 e. The fourth-order valence-corrected chi connectivity index (χ4v) is 1.11. The first-order chi connectivity index (χ1) is 7.69. The van der Waals surface area contributed by atoms with E-state index >= 15 is 0 Å². The molecular formula is C10H8N2O4. The summed E-state index contributed by atoms with van der Waals surface area (Å²) in [7, 11) is 0. The van der Waals surface area contributed by atoms with Gasteiger partial charge in [-0.1, -0.05) is 6.92 Å². The minimum Gasteiger partial charge on any atom is -0.416 e. The molecule has 0 radical (unpaired) electrons. The molecule has 6 nitrogen and oxygen atoms in total. The van der Waals surface area contributed by atoms with Crippen molar-refractivity contribution in [3.8, 4) is 11.6 Å². The second-order valence-electron chi connectivity index (χ2n) is 2.98. The Kier molecular flexibility index (Phi) is 2.63. The van der Waals surface area contributed by atoms with Crippen molar-refractivity contribution in [1.29, 1.82) is 0 Å². The van der Waals surface area contributed by atoms with E-state index in [4.69, 9.17) is 9.47 Å². The summed E-state index contributed by atoms with van der Waals surface area (Å²) < 4.78 is 9.73. The van der Waals surface area contributed by atoms with Crippen LogP contribution in [0.15, 0.2) is 18.3 Å². The van der Waals surface area contributed by atoms with Crippen LogP contribution in [0.5, 0.6) is 11.6 Å². The van der Waals surface area contributed by atoms with E-state index in [2.05, 4.69) is 9.97 Å². The summed E-state index contributed by atoms with van der Waals surface area (Å²) in [5, 5.41) is 0. The predicted octanol–water partition coefficient (Wildman–Crippen LogP) is 0.420. The minimum absolute atomic E-state index is 0.0328. The van der Waals surface area contributed by atoms with Crippen molar-refractivity contribution >= 4 is 11.9 Å². The lowest BCUT2D eigenvalue weighted by molar-refractivity contribution is -0.133. The first-order valence-electron chi connectivity index (χ1n) is 4.66. The second kappa shape index (κ2) is 4.09. The molecule has 0 N–H and O–H groups in total. The predicted molar refractivity (Wildman–Crippen MR) is 51.8 cm³/mol. The van der Waals surface area contributed by atoms with Crippen LogP contribution in [0.3, 0.4) is 0 Å². The molecule has 0 aromatic carbocycles. The number of esters is 2. The number of aryl methyl sites for hydroxylation is 1. The lowest BCUT2D eigenvalue weighted by Gasteiger charge is -2.09. The molecule has 6 heteroatoms. The van der Waals surface area contributed by atoms with Gasteiger partial charge in [-0.15, -0.1) is 0 Å². The molecule has 0 fully saturated rings. The number of carbonyl (C=O) groups excluding carboxylic acids is 2. The topological polar surface area (TPSA) is 78.4 Å². The number of rotatable bonds is 1. The average Bonchev–Trinajstić information content (AvgIpc) is 2.27. The molecule has 0 amide bonds. The Labute approximate surface area is 90.9 Å². The van der Waals surface area contributed by atoms with Crippen molar-refractivity contribution in [2.24, 2.45) is 0 Å². The molecule has 0 atom stereocenters. The summed E-state index contributed by atoms with van der Waals surface area (Å²) in [6.07, 6.45) is 3.87.